The van der Waals surface area contributed by atoms with Crippen LogP contribution in [-0.4, -0.2) is 23.8 Å². The molecule has 1 rings (SSSR count). The first kappa shape index (κ1) is 14.5. The molecular weight excluding hydrogens is 325 g/mol. The molecule has 7 heteroatoms. The molecule has 0 aliphatic carbocycles. The quantitative estimate of drug-likeness (QED) is 0.826. The van der Waals surface area contributed by atoms with Crippen molar-refractivity contribution in [1.29, 1.82) is 0 Å². The summed E-state index contributed by atoms with van der Waals surface area (Å²) >= 11 is 8.99. The number of carbonyl (C=O) groups excluding carboxylic acids is 1. The Morgan fingerprint density at radius 3 is 2.78 bits per heavy atom. The number of ether oxygens (including phenoxy) is 1. The number of carboxylic acid groups (broad SMARTS) is 1. The Morgan fingerprint density at radius 2 is 2.22 bits per heavy atom. The summed E-state index contributed by atoms with van der Waals surface area (Å²) in [6.45, 7) is 3.40. The van der Waals surface area contributed by atoms with Crippen molar-refractivity contribution >= 4 is 45.3 Å². The number of anilines is 1. The average Bonchev–Trinajstić information content (AvgIpc) is 2.29. The van der Waals surface area contributed by atoms with E-state index in [2.05, 4.69) is 32.6 Å². The summed E-state index contributed by atoms with van der Waals surface area (Å²) in [5, 5.41) is 11.4. The lowest BCUT2D eigenvalue weighted by atomic mass is 10.2. The standard InChI is InChI=1S/C11H9BrClNO4/c1-2-3-18-11(17)14-9-7(10(15)16)4-6(12)5-8(9)13/h2,4-5H,1,3H2,(H,14,17)(H,15,16). The summed E-state index contributed by atoms with van der Waals surface area (Å²) in [5.74, 6) is -1.21. The molecule has 0 bridgehead atoms. The number of hydrogen-bond donors (Lipinski definition) is 2. The number of carboxylic acids is 1. The zero-order valence-electron chi connectivity index (χ0n) is 9.07. The largest absolute Gasteiger partial charge is 0.478 e. The van der Waals surface area contributed by atoms with Crippen LogP contribution in [-0.2, 0) is 4.74 Å². The minimum atomic E-state index is -1.21. The molecule has 0 saturated carbocycles. The summed E-state index contributed by atoms with van der Waals surface area (Å²) in [7, 11) is 0. The minimum Gasteiger partial charge on any atom is -0.478 e. The molecule has 1 aromatic rings. The van der Waals surface area contributed by atoms with Crippen LogP contribution in [0.1, 0.15) is 10.4 Å². The van der Waals surface area contributed by atoms with Crippen LogP contribution in [0, 0.1) is 0 Å². The molecule has 0 atom stereocenters. The maximum absolute atomic E-state index is 11.3. The van der Waals surface area contributed by atoms with Crippen molar-refractivity contribution in [3.63, 3.8) is 0 Å². The van der Waals surface area contributed by atoms with Crippen LogP contribution in [0.4, 0.5) is 10.5 Å². The molecule has 0 aromatic heterocycles. The first-order valence-corrected chi connectivity index (χ1v) is 5.89. The maximum atomic E-state index is 11.3. The van der Waals surface area contributed by atoms with E-state index in [0.29, 0.717) is 4.47 Å². The highest BCUT2D eigenvalue weighted by Gasteiger charge is 2.17. The van der Waals surface area contributed by atoms with E-state index in [1.165, 1.54) is 18.2 Å². The number of hydrogen-bond acceptors (Lipinski definition) is 3. The van der Waals surface area contributed by atoms with Gasteiger partial charge in [-0.15, -0.1) is 0 Å². The SMILES string of the molecule is C=CCOC(=O)Nc1c(Cl)cc(Br)cc1C(=O)O. The van der Waals surface area contributed by atoms with Crippen LogP contribution in [0.25, 0.3) is 0 Å². The molecule has 0 aliphatic heterocycles. The van der Waals surface area contributed by atoms with E-state index in [4.69, 9.17) is 16.7 Å². The maximum Gasteiger partial charge on any atom is 0.412 e. The highest BCUT2D eigenvalue weighted by Crippen LogP contribution is 2.30. The second-order valence-corrected chi connectivity index (χ2v) is 4.45. The van der Waals surface area contributed by atoms with E-state index in [-0.39, 0.29) is 22.9 Å². The van der Waals surface area contributed by atoms with E-state index < -0.39 is 12.1 Å². The van der Waals surface area contributed by atoms with Gasteiger partial charge in [0.25, 0.3) is 0 Å². The fraction of sp³-hybridized carbons (Fsp3) is 0.0909. The third-order valence-corrected chi connectivity index (χ3v) is 2.60. The Labute approximate surface area is 117 Å². The molecule has 0 fully saturated rings. The molecule has 1 aromatic carbocycles. The molecule has 0 spiro atoms. The number of carbonyl (C=O) groups is 2. The third-order valence-electron chi connectivity index (χ3n) is 1.84. The van der Waals surface area contributed by atoms with Crippen molar-refractivity contribution in [3.05, 3.63) is 39.8 Å². The van der Waals surface area contributed by atoms with Gasteiger partial charge >= 0.3 is 12.1 Å². The lowest BCUT2D eigenvalue weighted by Gasteiger charge is -2.10. The van der Waals surface area contributed by atoms with Crippen molar-refractivity contribution in [2.75, 3.05) is 11.9 Å². The third kappa shape index (κ3) is 3.75. The Kier molecular flexibility index (Phi) is 5.18. The second-order valence-electron chi connectivity index (χ2n) is 3.13. The van der Waals surface area contributed by atoms with Crippen molar-refractivity contribution < 1.29 is 19.4 Å². The molecule has 1 amide bonds. The van der Waals surface area contributed by atoms with Crippen LogP contribution in [0.5, 0.6) is 0 Å². The van der Waals surface area contributed by atoms with E-state index in [0.717, 1.165) is 0 Å². The van der Waals surface area contributed by atoms with Crippen molar-refractivity contribution in [1.82, 2.24) is 0 Å². The van der Waals surface area contributed by atoms with Gasteiger partial charge in [-0.3, -0.25) is 5.32 Å². The summed E-state index contributed by atoms with van der Waals surface area (Å²) in [5.41, 5.74) is -0.147. The Hall–Kier alpha value is -1.53. The molecule has 0 aliphatic rings. The van der Waals surface area contributed by atoms with E-state index in [9.17, 15) is 9.59 Å². The van der Waals surface area contributed by atoms with Crippen LogP contribution in [0.15, 0.2) is 29.3 Å². The summed E-state index contributed by atoms with van der Waals surface area (Å²) < 4.78 is 5.18. The van der Waals surface area contributed by atoms with Crippen LogP contribution < -0.4 is 5.32 Å². The molecule has 96 valence electrons. The monoisotopic (exact) mass is 333 g/mol. The molecular formula is C11H9BrClNO4. The minimum absolute atomic E-state index is 0.0126. The Bertz CT molecular complexity index is 504. The number of rotatable bonds is 4. The molecule has 0 unspecified atom stereocenters. The smallest absolute Gasteiger partial charge is 0.412 e. The van der Waals surface area contributed by atoms with Gasteiger partial charge in [0.1, 0.15) is 6.61 Å². The fourth-order valence-corrected chi connectivity index (χ4v) is 2.00. The first-order valence-electron chi connectivity index (χ1n) is 4.72. The summed E-state index contributed by atoms with van der Waals surface area (Å²) in [4.78, 5) is 22.4. The average molecular weight is 335 g/mol. The molecule has 0 saturated heterocycles. The molecule has 18 heavy (non-hydrogen) atoms. The normalized spacial score (nSPS) is 9.67. The fourth-order valence-electron chi connectivity index (χ4n) is 1.14. The number of nitrogens with one attached hydrogen (secondary N) is 1. The van der Waals surface area contributed by atoms with Gasteiger partial charge in [0.15, 0.2) is 0 Å². The second kappa shape index (κ2) is 6.42. The zero-order valence-corrected chi connectivity index (χ0v) is 11.4. The van der Waals surface area contributed by atoms with Crippen LogP contribution in [0.3, 0.4) is 0 Å². The number of amides is 1. The van der Waals surface area contributed by atoms with Crippen LogP contribution in [0.2, 0.25) is 5.02 Å². The first-order chi connectivity index (χ1) is 8.45. The summed E-state index contributed by atoms with van der Waals surface area (Å²) in [6, 6.07) is 2.80. The van der Waals surface area contributed by atoms with E-state index >= 15 is 0 Å². The highest BCUT2D eigenvalue weighted by molar-refractivity contribution is 9.10. The van der Waals surface area contributed by atoms with Crippen molar-refractivity contribution in [2.24, 2.45) is 0 Å². The van der Waals surface area contributed by atoms with Gasteiger partial charge in [-0.2, -0.15) is 0 Å². The molecule has 2 N–H and O–H groups in total. The lowest BCUT2D eigenvalue weighted by Crippen LogP contribution is -2.16. The number of benzene rings is 1. The van der Waals surface area contributed by atoms with Gasteiger partial charge < -0.3 is 9.84 Å². The zero-order chi connectivity index (χ0) is 13.7. The topological polar surface area (TPSA) is 75.6 Å². The molecule has 0 radical (unpaired) electrons. The van der Waals surface area contributed by atoms with E-state index in [1.807, 2.05) is 0 Å². The van der Waals surface area contributed by atoms with Crippen molar-refractivity contribution in [2.45, 2.75) is 0 Å². The van der Waals surface area contributed by atoms with E-state index in [1.54, 1.807) is 0 Å². The predicted molar refractivity (Wildman–Crippen MR) is 71.3 cm³/mol. The van der Waals surface area contributed by atoms with Gasteiger partial charge in [0, 0.05) is 4.47 Å². The number of halogens is 2. The predicted octanol–water partition coefficient (Wildman–Crippen LogP) is 3.54. The molecule has 5 nitrogen and oxygen atoms in total. The number of aromatic carboxylic acids is 1. The van der Waals surface area contributed by atoms with Crippen LogP contribution >= 0.6 is 27.5 Å². The van der Waals surface area contributed by atoms with Gasteiger partial charge in [0.2, 0.25) is 0 Å². The lowest BCUT2D eigenvalue weighted by molar-refractivity contribution is 0.0698. The Morgan fingerprint density at radius 1 is 1.56 bits per heavy atom. The van der Waals surface area contributed by atoms with Gasteiger partial charge in [-0.05, 0) is 12.1 Å². The summed E-state index contributed by atoms with van der Waals surface area (Å²) in [6.07, 6.45) is 0.586. The van der Waals surface area contributed by atoms with Gasteiger partial charge in [-0.1, -0.05) is 40.2 Å². The molecule has 0 heterocycles. The van der Waals surface area contributed by atoms with Gasteiger partial charge in [0.05, 0.1) is 16.3 Å². The highest BCUT2D eigenvalue weighted by atomic mass is 79.9. The van der Waals surface area contributed by atoms with Gasteiger partial charge in [-0.25, -0.2) is 9.59 Å². The Balaban J connectivity index is 3.03. The van der Waals surface area contributed by atoms with Crippen molar-refractivity contribution in [3.8, 4) is 0 Å².